The molecule has 1 aliphatic rings. The van der Waals surface area contributed by atoms with Gasteiger partial charge in [-0.15, -0.1) is 0 Å². The van der Waals surface area contributed by atoms with E-state index in [2.05, 4.69) is 24.2 Å². The van der Waals surface area contributed by atoms with E-state index < -0.39 is 6.10 Å². The molecule has 0 unspecified atom stereocenters. The lowest BCUT2D eigenvalue weighted by atomic mass is 10.2. The zero-order valence-electron chi connectivity index (χ0n) is 8.73. The molecule has 4 N–H and O–H groups in total. The van der Waals surface area contributed by atoms with E-state index in [1.807, 2.05) is 0 Å². The summed E-state index contributed by atoms with van der Waals surface area (Å²) in [5, 5.41) is 12.4. The molecule has 0 aromatic rings. The molecular weight excluding hydrogens is 182 g/mol. The molecule has 1 rings (SSSR count). The van der Waals surface area contributed by atoms with Gasteiger partial charge in [-0.3, -0.25) is 4.99 Å². The molecule has 1 saturated heterocycles. The lowest BCUT2D eigenvalue weighted by Crippen LogP contribution is -2.46. The number of nitrogens with two attached hydrogens (primary N) is 1. The Morgan fingerprint density at radius 3 is 2.86 bits per heavy atom. The van der Waals surface area contributed by atoms with Crippen molar-refractivity contribution >= 4 is 5.96 Å². The molecule has 5 nitrogen and oxygen atoms in total. The summed E-state index contributed by atoms with van der Waals surface area (Å²) >= 11 is 0. The van der Waals surface area contributed by atoms with Crippen molar-refractivity contribution in [2.45, 2.75) is 26.0 Å². The van der Waals surface area contributed by atoms with Gasteiger partial charge in [0.25, 0.3) is 0 Å². The van der Waals surface area contributed by atoms with Gasteiger partial charge in [-0.2, -0.15) is 0 Å². The standard InChI is InChI=1S/C9H19N3O2/c1-6(2)3-11-9(10)12-7-4-14-5-8(7)13/h6-8,13H,3-5H2,1-2H3,(H3,10,11,12)/t7-,8-/m1/s1. The van der Waals surface area contributed by atoms with E-state index in [4.69, 9.17) is 10.5 Å². The van der Waals surface area contributed by atoms with Gasteiger partial charge in [0.05, 0.1) is 25.4 Å². The highest BCUT2D eigenvalue weighted by Gasteiger charge is 2.26. The van der Waals surface area contributed by atoms with E-state index in [-0.39, 0.29) is 6.04 Å². The third-order valence-electron chi connectivity index (χ3n) is 2.01. The zero-order valence-corrected chi connectivity index (χ0v) is 8.73. The topological polar surface area (TPSA) is 79.9 Å². The number of aliphatic hydroxyl groups excluding tert-OH is 1. The van der Waals surface area contributed by atoms with Crippen molar-refractivity contribution in [2.75, 3.05) is 19.8 Å². The van der Waals surface area contributed by atoms with Crippen LogP contribution in [0.3, 0.4) is 0 Å². The summed E-state index contributed by atoms with van der Waals surface area (Å²) in [5.74, 6) is 0.869. The maximum absolute atomic E-state index is 9.42. The minimum atomic E-state index is -0.484. The maximum atomic E-state index is 9.42. The highest BCUT2D eigenvalue weighted by molar-refractivity contribution is 5.78. The Bertz CT molecular complexity index is 206. The van der Waals surface area contributed by atoms with Gasteiger partial charge in [-0.05, 0) is 5.92 Å². The van der Waals surface area contributed by atoms with Gasteiger partial charge in [0.2, 0.25) is 0 Å². The normalized spacial score (nSPS) is 28.4. The van der Waals surface area contributed by atoms with Crippen LogP contribution in [0.25, 0.3) is 0 Å². The first kappa shape index (κ1) is 11.3. The minimum absolute atomic E-state index is 0.120. The summed E-state index contributed by atoms with van der Waals surface area (Å²) in [7, 11) is 0. The SMILES string of the molecule is CC(C)CN=C(N)N[C@@H]1COC[C@H]1O. The van der Waals surface area contributed by atoms with Crippen molar-refractivity contribution in [3.63, 3.8) is 0 Å². The van der Waals surface area contributed by atoms with Crippen molar-refractivity contribution in [3.05, 3.63) is 0 Å². The third kappa shape index (κ3) is 3.51. The van der Waals surface area contributed by atoms with Crippen LogP contribution in [-0.2, 0) is 4.74 Å². The van der Waals surface area contributed by atoms with Crippen LogP contribution in [0.1, 0.15) is 13.8 Å². The monoisotopic (exact) mass is 201 g/mol. The number of aliphatic imine (C=N–C) groups is 1. The molecule has 14 heavy (non-hydrogen) atoms. The largest absolute Gasteiger partial charge is 0.388 e. The van der Waals surface area contributed by atoms with E-state index in [1.54, 1.807) is 0 Å². The van der Waals surface area contributed by atoms with Crippen LogP contribution < -0.4 is 11.1 Å². The Labute approximate surface area is 84.3 Å². The second kappa shape index (κ2) is 5.17. The molecule has 0 aromatic carbocycles. The highest BCUT2D eigenvalue weighted by atomic mass is 16.5. The van der Waals surface area contributed by atoms with Gasteiger partial charge in [0, 0.05) is 6.54 Å². The molecule has 2 atom stereocenters. The van der Waals surface area contributed by atoms with Crippen LogP contribution in [0.5, 0.6) is 0 Å². The number of hydrogen-bond donors (Lipinski definition) is 3. The second-order valence-electron chi connectivity index (χ2n) is 3.98. The lowest BCUT2D eigenvalue weighted by Gasteiger charge is -2.15. The Morgan fingerprint density at radius 2 is 2.36 bits per heavy atom. The molecule has 1 aliphatic heterocycles. The summed E-state index contributed by atoms with van der Waals surface area (Å²) in [6.07, 6.45) is -0.484. The molecular formula is C9H19N3O2. The van der Waals surface area contributed by atoms with Crippen LogP contribution in [-0.4, -0.2) is 43.0 Å². The Hall–Kier alpha value is -0.810. The van der Waals surface area contributed by atoms with Crippen molar-refractivity contribution in [3.8, 4) is 0 Å². The summed E-state index contributed by atoms with van der Waals surface area (Å²) in [5.41, 5.74) is 5.64. The van der Waals surface area contributed by atoms with E-state index in [0.29, 0.717) is 31.6 Å². The fourth-order valence-electron chi connectivity index (χ4n) is 1.20. The maximum Gasteiger partial charge on any atom is 0.188 e. The Kier molecular flexibility index (Phi) is 4.16. The molecule has 0 bridgehead atoms. The van der Waals surface area contributed by atoms with Crippen LogP contribution in [0.4, 0.5) is 0 Å². The average molecular weight is 201 g/mol. The van der Waals surface area contributed by atoms with Gasteiger partial charge in [0.15, 0.2) is 5.96 Å². The van der Waals surface area contributed by atoms with Crippen molar-refractivity contribution < 1.29 is 9.84 Å². The number of guanidine groups is 1. The van der Waals surface area contributed by atoms with Gasteiger partial charge < -0.3 is 20.9 Å². The first-order valence-electron chi connectivity index (χ1n) is 4.92. The first-order valence-corrected chi connectivity index (χ1v) is 4.92. The molecule has 0 saturated carbocycles. The van der Waals surface area contributed by atoms with Crippen molar-refractivity contribution in [1.82, 2.24) is 5.32 Å². The van der Waals surface area contributed by atoms with Crippen LogP contribution in [0.2, 0.25) is 0 Å². The number of ether oxygens (including phenoxy) is 1. The third-order valence-corrected chi connectivity index (χ3v) is 2.01. The average Bonchev–Trinajstić information content (AvgIpc) is 2.49. The second-order valence-corrected chi connectivity index (χ2v) is 3.98. The molecule has 0 aliphatic carbocycles. The molecule has 0 amide bonds. The lowest BCUT2D eigenvalue weighted by molar-refractivity contribution is 0.124. The number of nitrogens with zero attached hydrogens (tertiary/aromatic N) is 1. The van der Waals surface area contributed by atoms with E-state index in [9.17, 15) is 5.11 Å². The molecule has 1 heterocycles. The zero-order chi connectivity index (χ0) is 10.6. The van der Waals surface area contributed by atoms with E-state index >= 15 is 0 Å². The minimum Gasteiger partial charge on any atom is -0.388 e. The van der Waals surface area contributed by atoms with Crippen LogP contribution in [0, 0.1) is 5.92 Å². The molecule has 0 spiro atoms. The number of hydrogen-bond acceptors (Lipinski definition) is 3. The van der Waals surface area contributed by atoms with Gasteiger partial charge in [0.1, 0.15) is 0 Å². The van der Waals surface area contributed by atoms with Crippen molar-refractivity contribution in [1.29, 1.82) is 0 Å². The fraction of sp³-hybridized carbons (Fsp3) is 0.889. The van der Waals surface area contributed by atoms with E-state index in [1.165, 1.54) is 0 Å². The van der Waals surface area contributed by atoms with E-state index in [0.717, 1.165) is 0 Å². The van der Waals surface area contributed by atoms with Gasteiger partial charge in [-0.1, -0.05) is 13.8 Å². The summed E-state index contributed by atoms with van der Waals surface area (Å²) in [6.45, 7) is 5.70. The van der Waals surface area contributed by atoms with Crippen LogP contribution in [0.15, 0.2) is 4.99 Å². The van der Waals surface area contributed by atoms with Gasteiger partial charge >= 0.3 is 0 Å². The Balaban J connectivity index is 2.32. The molecule has 82 valence electrons. The molecule has 1 fully saturated rings. The van der Waals surface area contributed by atoms with Crippen molar-refractivity contribution in [2.24, 2.45) is 16.6 Å². The predicted molar refractivity (Wildman–Crippen MR) is 55.1 cm³/mol. The molecule has 5 heteroatoms. The first-order chi connectivity index (χ1) is 6.59. The number of aliphatic hydroxyl groups is 1. The highest BCUT2D eigenvalue weighted by Crippen LogP contribution is 2.04. The van der Waals surface area contributed by atoms with Crippen LogP contribution >= 0.6 is 0 Å². The summed E-state index contributed by atoms with van der Waals surface area (Å²) in [4.78, 5) is 4.14. The summed E-state index contributed by atoms with van der Waals surface area (Å²) in [6, 6.07) is -0.120. The quantitative estimate of drug-likeness (QED) is 0.417. The smallest absolute Gasteiger partial charge is 0.188 e. The summed E-state index contributed by atoms with van der Waals surface area (Å²) < 4.78 is 5.07. The number of rotatable bonds is 3. The van der Waals surface area contributed by atoms with Gasteiger partial charge in [-0.25, -0.2) is 0 Å². The molecule has 0 radical (unpaired) electrons. The fourth-order valence-corrected chi connectivity index (χ4v) is 1.20. The predicted octanol–water partition coefficient (Wildman–Crippen LogP) is -0.694. The Morgan fingerprint density at radius 1 is 1.64 bits per heavy atom. The molecule has 0 aromatic heterocycles. The number of nitrogens with one attached hydrogen (secondary N) is 1.